The van der Waals surface area contributed by atoms with Crippen molar-refractivity contribution >= 4 is 25.8 Å². The van der Waals surface area contributed by atoms with Crippen molar-refractivity contribution in [3.63, 3.8) is 0 Å². The highest BCUT2D eigenvalue weighted by atomic mass is 28.4. The highest BCUT2D eigenvalue weighted by molar-refractivity contribution is 6.99. The normalized spacial score (nSPS) is 27.0. The molecule has 0 spiro atoms. The summed E-state index contributed by atoms with van der Waals surface area (Å²) in [4.78, 5) is 0. The monoisotopic (exact) mass is 422 g/mol. The summed E-state index contributed by atoms with van der Waals surface area (Å²) in [5.74, 6) is 0.479. The Morgan fingerprint density at radius 2 is 1.33 bits per heavy atom. The van der Waals surface area contributed by atoms with Crippen molar-refractivity contribution in [1.29, 1.82) is 0 Å². The lowest BCUT2D eigenvalue weighted by Gasteiger charge is -2.34. The number of hydrogen-bond donors (Lipinski definition) is 0. The van der Waals surface area contributed by atoms with Gasteiger partial charge < -0.3 is 13.7 Å². The van der Waals surface area contributed by atoms with Crippen LogP contribution >= 0.6 is 0 Å². The van der Waals surface area contributed by atoms with Gasteiger partial charge in [-0.25, -0.2) is 0 Å². The third-order valence-corrected chi connectivity index (χ3v) is 12.0. The molecule has 2 saturated heterocycles. The van der Waals surface area contributed by atoms with E-state index < -0.39 is 8.32 Å². The molecule has 2 fully saturated rings. The van der Waals surface area contributed by atoms with Crippen molar-refractivity contribution < 1.29 is 13.7 Å². The first kappa shape index (κ1) is 21.8. The highest BCUT2D eigenvalue weighted by Gasteiger charge is 2.58. The van der Waals surface area contributed by atoms with E-state index in [0.29, 0.717) is 11.5 Å². The van der Waals surface area contributed by atoms with Gasteiger partial charge in [0.2, 0.25) is 0 Å². The van der Waals surface area contributed by atoms with Crippen LogP contribution in [0.1, 0.15) is 48.0 Å². The second-order valence-corrected chi connectivity index (χ2v) is 13.9. The third kappa shape index (κ3) is 3.70. The lowest BCUT2D eigenvalue weighted by atomic mass is 9.81. The van der Waals surface area contributed by atoms with Gasteiger partial charge in [0.05, 0.1) is 11.2 Å². The van der Waals surface area contributed by atoms with Crippen molar-refractivity contribution in [2.24, 2.45) is 5.92 Å². The minimum absolute atomic E-state index is 0.200. The Bertz CT molecular complexity index is 798. The van der Waals surface area contributed by atoms with E-state index in [0.717, 1.165) is 12.7 Å². The summed E-state index contributed by atoms with van der Waals surface area (Å²) in [7, 11) is -2.66. The maximum absolute atomic E-state index is 7.14. The zero-order valence-corrected chi connectivity index (χ0v) is 20.2. The standard InChI is InChI=1S/C25H35BO3Si/c1-19(2)23-17-22(18-26-28-24(3,4)25(5,6)29-26)30(27-23,20-13-9-7-10-14-20)21-15-11-8-12-16-21/h7-16,19,22-23H,17-18H2,1-6H3/t22-,23-/m1/s1. The van der Waals surface area contributed by atoms with Crippen LogP contribution in [0.5, 0.6) is 0 Å². The van der Waals surface area contributed by atoms with Crippen LogP contribution in [0.15, 0.2) is 60.7 Å². The Kier molecular flexibility index (Phi) is 5.77. The van der Waals surface area contributed by atoms with Crippen LogP contribution < -0.4 is 10.4 Å². The van der Waals surface area contributed by atoms with Crippen molar-refractivity contribution in [2.75, 3.05) is 0 Å². The third-order valence-electron chi connectivity index (χ3n) is 7.36. The number of rotatable bonds is 5. The summed E-state index contributed by atoms with van der Waals surface area (Å²) < 4.78 is 20.0. The van der Waals surface area contributed by atoms with Crippen LogP contribution in [0.2, 0.25) is 11.9 Å². The van der Waals surface area contributed by atoms with Gasteiger partial charge >= 0.3 is 7.12 Å². The van der Waals surface area contributed by atoms with E-state index in [2.05, 4.69) is 102 Å². The van der Waals surface area contributed by atoms with Gasteiger partial charge in [-0.1, -0.05) is 74.5 Å². The van der Waals surface area contributed by atoms with Crippen molar-refractivity contribution in [2.45, 2.75) is 77.1 Å². The minimum atomic E-state index is -2.46. The van der Waals surface area contributed by atoms with Gasteiger partial charge in [-0.05, 0) is 62.3 Å². The van der Waals surface area contributed by atoms with E-state index in [1.54, 1.807) is 0 Å². The molecule has 160 valence electrons. The Hall–Kier alpha value is -1.40. The van der Waals surface area contributed by atoms with Crippen molar-refractivity contribution in [1.82, 2.24) is 0 Å². The average molecular weight is 422 g/mol. The maximum Gasteiger partial charge on any atom is 0.457 e. The van der Waals surface area contributed by atoms with Crippen molar-refractivity contribution in [3.8, 4) is 0 Å². The summed E-state index contributed by atoms with van der Waals surface area (Å²) in [6.07, 6.45) is 2.17. The Morgan fingerprint density at radius 3 is 1.77 bits per heavy atom. The zero-order valence-electron chi connectivity index (χ0n) is 19.2. The molecule has 2 aliphatic rings. The molecule has 3 nitrogen and oxygen atoms in total. The van der Waals surface area contributed by atoms with Crippen LogP contribution in [-0.4, -0.2) is 32.7 Å². The average Bonchev–Trinajstić information content (AvgIpc) is 3.18. The zero-order chi connectivity index (χ0) is 21.6. The molecule has 2 heterocycles. The summed E-state index contributed by atoms with van der Waals surface area (Å²) in [6.45, 7) is 13.1. The van der Waals surface area contributed by atoms with Gasteiger partial charge in [0.1, 0.15) is 0 Å². The molecule has 0 aliphatic carbocycles. The fraction of sp³-hybridized carbons (Fsp3) is 0.520. The number of benzene rings is 2. The molecule has 0 aromatic heterocycles. The molecule has 0 unspecified atom stereocenters. The molecule has 2 aromatic rings. The molecular weight excluding hydrogens is 387 g/mol. The van der Waals surface area contributed by atoms with E-state index in [1.807, 2.05) is 0 Å². The van der Waals surface area contributed by atoms with E-state index in [-0.39, 0.29) is 24.4 Å². The van der Waals surface area contributed by atoms with Gasteiger partial charge in [-0.3, -0.25) is 0 Å². The lowest BCUT2D eigenvalue weighted by molar-refractivity contribution is 0.00578. The minimum Gasteiger partial charge on any atom is -0.404 e. The molecule has 2 aliphatic heterocycles. The molecule has 0 saturated carbocycles. The van der Waals surface area contributed by atoms with Gasteiger partial charge in [-0.15, -0.1) is 0 Å². The van der Waals surface area contributed by atoms with Gasteiger partial charge in [0.25, 0.3) is 8.32 Å². The summed E-state index contributed by atoms with van der Waals surface area (Å²) in [6, 6.07) is 21.8. The van der Waals surface area contributed by atoms with Crippen LogP contribution in [0.25, 0.3) is 0 Å². The molecular formula is C25H35BO3Si. The fourth-order valence-corrected chi connectivity index (χ4v) is 9.99. The predicted molar refractivity (Wildman–Crippen MR) is 127 cm³/mol. The fourth-order valence-electron chi connectivity index (χ4n) is 4.94. The summed E-state index contributed by atoms with van der Waals surface area (Å²) >= 11 is 0. The van der Waals surface area contributed by atoms with E-state index in [4.69, 9.17) is 13.7 Å². The molecule has 4 rings (SSSR count). The molecule has 0 amide bonds. The second-order valence-electron chi connectivity index (χ2n) is 10.2. The smallest absolute Gasteiger partial charge is 0.404 e. The second kappa shape index (κ2) is 7.94. The molecule has 30 heavy (non-hydrogen) atoms. The first-order valence-electron chi connectivity index (χ1n) is 11.3. The topological polar surface area (TPSA) is 27.7 Å². The molecule has 0 bridgehead atoms. The van der Waals surface area contributed by atoms with E-state index in [9.17, 15) is 0 Å². The SMILES string of the molecule is CC(C)[C@H]1C[C@H](CB2OC(C)(C)C(C)(C)O2)[Si](c2ccccc2)(c2ccccc2)O1. The molecule has 2 aromatic carbocycles. The van der Waals surface area contributed by atoms with Crippen LogP contribution in [0.4, 0.5) is 0 Å². The highest BCUT2D eigenvalue weighted by Crippen LogP contribution is 2.46. The van der Waals surface area contributed by atoms with E-state index in [1.165, 1.54) is 10.4 Å². The maximum atomic E-state index is 7.14. The lowest BCUT2D eigenvalue weighted by Crippen LogP contribution is -2.62. The predicted octanol–water partition coefficient (Wildman–Crippen LogP) is 4.65. The number of hydrogen-bond acceptors (Lipinski definition) is 3. The van der Waals surface area contributed by atoms with Crippen LogP contribution in [0, 0.1) is 5.92 Å². The van der Waals surface area contributed by atoms with Gasteiger partial charge in [0.15, 0.2) is 0 Å². The Morgan fingerprint density at radius 1 is 0.867 bits per heavy atom. The summed E-state index contributed by atoms with van der Waals surface area (Å²) in [5.41, 5.74) is -0.222. The first-order valence-corrected chi connectivity index (χ1v) is 13.3. The van der Waals surface area contributed by atoms with Gasteiger partial charge in [0, 0.05) is 6.10 Å². The molecule has 2 atom stereocenters. The Balaban J connectivity index is 1.76. The molecule has 0 radical (unpaired) electrons. The molecule has 5 heteroatoms. The largest absolute Gasteiger partial charge is 0.457 e. The van der Waals surface area contributed by atoms with Gasteiger partial charge in [-0.2, -0.15) is 0 Å². The van der Waals surface area contributed by atoms with E-state index >= 15 is 0 Å². The quantitative estimate of drug-likeness (QED) is 0.657. The first-order chi connectivity index (χ1) is 14.2. The molecule has 0 N–H and O–H groups in total. The summed E-state index contributed by atoms with van der Waals surface area (Å²) in [5, 5.41) is 2.70. The van der Waals surface area contributed by atoms with Crippen molar-refractivity contribution in [3.05, 3.63) is 60.7 Å². The van der Waals surface area contributed by atoms with Crippen LogP contribution in [0.3, 0.4) is 0 Å². The van der Waals surface area contributed by atoms with Crippen LogP contribution in [-0.2, 0) is 13.7 Å². The Labute approximate surface area is 183 Å².